The minimum absolute atomic E-state index is 0.106. The van der Waals surface area contributed by atoms with Gasteiger partial charge in [0.25, 0.3) is 0 Å². The highest BCUT2D eigenvalue weighted by Gasteiger charge is 2.19. The van der Waals surface area contributed by atoms with Crippen molar-refractivity contribution in [1.29, 1.82) is 0 Å². The van der Waals surface area contributed by atoms with E-state index in [9.17, 15) is 14.4 Å². The molecule has 1 atom stereocenters. The molecule has 0 spiro atoms. The summed E-state index contributed by atoms with van der Waals surface area (Å²) in [6, 6.07) is 0. The average molecular weight is 809 g/mol. The zero-order chi connectivity index (χ0) is 42.3. The van der Waals surface area contributed by atoms with Crippen molar-refractivity contribution in [3.8, 4) is 0 Å². The molecule has 0 amide bonds. The van der Waals surface area contributed by atoms with Gasteiger partial charge in [0.2, 0.25) is 0 Å². The van der Waals surface area contributed by atoms with Crippen LogP contribution in [0.4, 0.5) is 0 Å². The number of ether oxygens (including phenoxy) is 3. The van der Waals surface area contributed by atoms with E-state index in [1.54, 1.807) is 6.08 Å². The molecule has 0 saturated heterocycles. The Morgan fingerprint density at radius 1 is 0.397 bits per heavy atom. The summed E-state index contributed by atoms with van der Waals surface area (Å²) in [5, 5.41) is 0. The maximum Gasteiger partial charge on any atom is 0.309 e. The molecule has 0 N–H and O–H groups in total. The van der Waals surface area contributed by atoms with Gasteiger partial charge < -0.3 is 14.2 Å². The molecule has 1 unspecified atom stereocenters. The number of carbonyl (C=O) groups excluding carboxylic acids is 3. The van der Waals surface area contributed by atoms with Crippen LogP contribution in [0.2, 0.25) is 0 Å². The Balaban J connectivity index is 4.39. The van der Waals surface area contributed by atoms with E-state index in [1.165, 1.54) is 103 Å². The molecule has 6 heteroatoms. The normalized spacial score (nSPS) is 12.7. The molecular formula is C52H88O6. The molecule has 0 fully saturated rings. The number of hydrogen-bond acceptors (Lipinski definition) is 6. The van der Waals surface area contributed by atoms with E-state index in [0.717, 1.165) is 77.0 Å². The summed E-state index contributed by atoms with van der Waals surface area (Å²) in [5.74, 6) is -1.05. The number of unbranched alkanes of at least 4 members (excludes halogenated alkanes) is 22. The monoisotopic (exact) mass is 809 g/mol. The van der Waals surface area contributed by atoms with Crippen molar-refractivity contribution in [2.24, 2.45) is 0 Å². The van der Waals surface area contributed by atoms with Crippen molar-refractivity contribution in [2.45, 2.75) is 226 Å². The molecule has 0 rings (SSSR count). The summed E-state index contributed by atoms with van der Waals surface area (Å²) in [5.41, 5.74) is 0. The van der Waals surface area contributed by atoms with Gasteiger partial charge in [0.05, 0.1) is 6.42 Å². The van der Waals surface area contributed by atoms with E-state index in [2.05, 4.69) is 81.5 Å². The highest BCUT2D eigenvalue weighted by atomic mass is 16.6. The maximum atomic E-state index is 12.7. The van der Waals surface area contributed by atoms with E-state index in [0.29, 0.717) is 12.8 Å². The maximum absolute atomic E-state index is 12.7. The van der Waals surface area contributed by atoms with Gasteiger partial charge in [-0.3, -0.25) is 14.4 Å². The Morgan fingerprint density at radius 3 is 1.33 bits per heavy atom. The van der Waals surface area contributed by atoms with Crippen molar-refractivity contribution >= 4 is 17.9 Å². The highest BCUT2D eigenvalue weighted by molar-refractivity contribution is 5.72. The lowest BCUT2D eigenvalue weighted by Gasteiger charge is -2.18. The van der Waals surface area contributed by atoms with E-state index in [4.69, 9.17) is 14.2 Å². The van der Waals surface area contributed by atoms with E-state index < -0.39 is 12.1 Å². The summed E-state index contributed by atoms with van der Waals surface area (Å²) < 4.78 is 16.6. The van der Waals surface area contributed by atoms with Gasteiger partial charge in [0.15, 0.2) is 6.10 Å². The zero-order valence-electron chi connectivity index (χ0n) is 37.8. The van der Waals surface area contributed by atoms with Gasteiger partial charge in [-0.1, -0.05) is 222 Å². The SMILES string of the molecule is CC\C=C/C=C\C=C/CCCCCCCCCC(=O)OC(COC(=O)C/C=C\C/C=C\C/C=C\CC)COC(=O)CCCCCCCCCCCCCCCCCC. The summed E-state index contributed by atoms with van der Waals surface area (Å²) in [7, 11) is 0. The molecular weight excluding hydrogens is 721 g/mol. The van der Waals surface area contributed by atoms with Gasteiger partial charge in [-0.2, -0.15) is 0 Å². The minimum Gasteiger partial charge on any atom is -0.462 e. The molecule has 0 aromatic rings. The molecule has 0 aliphatic heterocycles. The molecule has 0 bridgehead atoms. The molecule has 0 radical (unpaired) electrons. The first-order chi connectivity index (χ1) is 28.5. The number of esters is 3. The number of hydrogen-bond donors (Lipinski definition) is 0. The van der Waals surface area contributed by atoms with E-state index >= 15 is 0 Å². The summed E-state index contributed by atoms with van der Waals surface area (Å²) in [6.45, 7) is 6.28. The smallest absolute Gasteiger partial charge is 0.309 e. The lowest BCUT2D eigenvalue weighted by Crippen LogP contribution is -2.30. The van der Waals surface area contributed by atoms with Crippen LogP contribution in [0.3, 0.4) is 0 Å². The predicted molar refractivity (Wildman–Crippen MR) is 247 cm³/mol. The van der Waals surface area contributed by atoms with Crippen LogP contribution in [-0.2, 0) is 28.6 Å². The quantitative estimate of drug-likeness (QED) is 0.0201. The standard InChI is InChI=1S/C52H88O6/c1-4-7-10-13-16-19-21-23-25-27-28-30-33-36-39-42-45-51(54)57-48-49(47-56-50(53)44-41-38-35-32-18-15-12-9-6-3)58-52(55)46-43-40-37-34-31-29-26-24-22-20-17-14-11-8-5-2/h8-9,11-12,14,17-18,20,22,32,38,41,49H,4-7,10,13,15-16,19,21,23-31,33-37,39-40,42-48H2,1-3H3/b11-8-,12-9-,17-14-,22-20-,32-18-,41-38-. The molecule has 0 aromatic heterocycles. The average Bonchev–Trinajstić information content (AvgIpc) is 3.22. The van der Waals surface area contributed by atoms with Crippen LogP contribution in [0.25, 0.3) is 0 Å². The Hall–Kier alpha value is -3.15. The van der Waals surface area contributed by atoms with Crippen molar-refractivity contribution in [1.82, 2.24) is 0 Å². The number of rotatable bonds is 42. The van der Waals surface area contributed by atoms with Crippen LogP contribution in [0, 0.1) is 0 Å². The molecule has 0 aliphatic rings. The molecule has 332 valence electrons. The third kappa shape index (κ3) is 44.0. The Morgan fingerprint density at radius 2 is 0.810 bits per heavy atom. The van der Waals surface area contributed by atoms with Crippen molar-refractivity contribution in [3.63, 3.8) is 0 Å². The predicted octanol–water partition coefficient (Wildman–Crippen LogP) is 15.5. The van der Waals surface area contributed by atoms with E-state index in [-0.39, 0.29) is 31.6 Å². The van der Waals surface area contributed by atoms with Gasteiger partial charge >= 0.3 is 17.9 Å². The third-order valence-electron chi connectivity index (χ3n) is 10.1. The Kier molecular flexibility index (Phi) is 44.0. The summed E-state index contributed by atoms with van der Waals surface area (Å²) in [4.78, 5) is 37.7. The first-order valence-electron chi connectivity index (χ1n) is 24.0. The molecule has 0 heterocycles. The van der Waals surface area contributed by atoms with Crippen LogP contribution in [-0.4, -0.2) is 37.2 Å². The van der Waals surface area contributed by atoms with Gasteiger partial charge in [0.1, 0.15) is 13.2 Å². The van der Waals surface area contributed by atoms with Crippen molar-refractivity contribution in [2.75, 3.05) is 13.2 Å². The molecule has 58 heavy (non-hydrogen) atoms. The van der Waals surface area contributed by atoms with Crippen LogP contribution in [0.15, 0.2) is 72.9 Å². The van der Waals surface area contributed by atoms with Gasteiger partial charge in [0, 0.05) is 12.8 Å². The zero-order valence-corrected chi connectivity index (χ0v) is 37.8. The molecule has 0 aliphatic carbocycles. The third-order valence-corrected chi connectivity index (χ3v) is 10.1. The van der Waals surface area contributed by atoms with Gasteiger partial charge in [-0.15, -0.1) is 0 Å². The Bertz CT molecular complexity index is 1110. The lowest BCUT2D eigenvalue weighted by molar-refractivity contribution is -0.166. The van der Waals surface area contributed by atoms with Crippen LogP contribution < -0.4 is 0 Å². The van der Waals surface area contributed by atoms with Gasteiger partial charge in [-0.05, 0) is 51.4 Å². The minimum atomic E-state index is -0.813. The summed E-state index contributed by atoms with van der Waals surface area (Å²) >= 11 is 0. The lowest BCUT2D eigenvalue weighted by atomic mass is 10.0. The number of carbonyl (C=O) groups is 3. The molecule has 6 nitrogen and oxygen atoms in total. The second kappa shape index (κ2) is 46.5. The fourth-order valence-electron chi connectivity index (χ4n) is 6.50. The fourth-order valence-corrected chi connectivity index (χ4v) is 6.50. The second-order valence-electron chi connectivity index (χ2n) is 15.7. The highest BCUT2D eigenvalue weighted by Crippen LogP contribution is 2.15. The van der Waals surface area contributed by atoms with Crippen LogP contribution in [0.1, 0.15) is 220 Å². The fraction of sp³-hybridized carbons (Fsp3) is 0.712. The number of allylic oxidation sites excluding steroid dienone is 11. The first kappa shape index (κ1) is 54.9. The van der Waals surface area contributed by atoms with Crippen molar-refractivity contribution < 1.29 is 28.6 Å². The Labute approximate surface area is 357 Å². The first-order valence-corrected chi connectivity index (χ1v) is 24.0. The van der Waals surface area contributed by atoms with Gasteiger partial charge in [-0.25, -0.2) is 0 Å². The van der Waals surface area contributed by atoms with Crippen LogP contribution in [0.5, 0.6) is 0 Å². The molecule has 0 aromatic carbocycles. The van der Waals surface area contributed by atoms with E-state index in [1.807, 2.05) is 6.08 Å². The largest absolute Gasteiger partial charge is 0.462 e. The second-order valence-corrected chi connectivity index (χ2v) is 15.7. The topological polar surface area (TPSA) is 78.9 Å². The van der Waals surface area contributed by atoms with Crippen molar-refractivity contribution in [3.05, 3.63) is 72.9 Å². The van der Waals surface area contributed by atoms with Crippen LogP contribution >= 0.6 is 0 Å². The molecule has 0 saturated carbocycles. The summed E-state index contributed by atoms with van der Waals surface area (Å²) in [6.07, 6.45) is 57.8.